The van der Waals surface area contributed by atoms with E-state index in [4.69, 9.17) is 0 Å². The number of benzene rings is 1. The number of fused-ring (bicyclic) bond motifs is 2. The number of aryl methyl sites for hydroxylation is 1. The highest BCUT2D eigenvalue weighted by Gasteiger charge is 2.36. The average Bonchev–Trinajstić information content (AvgIpc) is 2.96. The van der Waals surface area contributed by atoms with Crippen LogP contribution in [-0.2, 0) is 25.7 Å². The molecule has 5 nitrogen and oxygen atoms in total. The van der Waals surface area contributed by atoms with Gasteiger partial charge in [0.05, 0.1) is 11.3 Å². The maximum absolute atomic E-state index is 12.8. The molecule has 2 aromatic heterocycles. The molecule has 0 aliphatic carbocycles. The summed E-state index contributed by atoms with van der Waals surface area (Å²) in [7, 11) is 0. The predicted molar refractivity (Wildman–Crippen MR) is 90.7 cm³/mol. The molecule has 1 aromatic carbocycles. The van der Waals surface area contributed by atoms with Gasteiger partial charge in [0.15, 0.2) is 0 Å². The van der Waals surface area contributed by atoms with E-state index < -0.39 is 17.6 Å². The third kappa shape index (κ3) is 3.01. The number of nitrogens with one attached hydrogen (secondary N) is 2. The fourth-order valence-corrected chi connectivity index (χ4v) is 3.41. The second-order valence-corrected chi connectivity index (χ2v) is 6.66. The summed E-state index contributed by atoms with van der Waals surface area (Å²) in [5, 5.41) is 1.12. The molecule has 1 aliphatic rings. The van der Waals surface area contributed by atoms with Crippen LogP contribution < -0.4 is 5.56 Å². The summed E-state index contributed by atoms with van der Waals surface area (Å²) in [5.74, 6) is -1.22. The minimum absolute atomic E-state index is 0.243. The van der Waals surface area contributed by atoms with Crippen LogP contribution >= 0.6 is 0 Å². The highest BCUT2D eigenvalue weighted by Crippen LogP contribution is 2.27. The number of H-pyrrole nitrogens is 2. The Morgan fingerprint density at radius 2 is 2.12 bits per heavy atom. The Labute approximate surface area is 146 Å². The van der Waals surface area contributed by atoms with E-state index in [1.54, 1.807) is 0 Å². The van der Waals surface area contributed by atoms with Gasteiger partial charge in [-0.1, -0.05) is 11.6 Å². The molecule has 0 amide bonds. The van der Waals surface area contributed by atoms with Gasteiger partial charge in [0.25, 0.3) is 5.56 Å². The molecule has 0 fully saturated rings. The second-order valence-electron chi connectivity index (χ2n) is 6.66. The molecule has 3 heterocycles. The van der Waals surface area contributed by atoms with Crippen LogP contribution in [0.15, 0.2) is 29.2 Å². The Bertz CT molecular complexity index is 1040. The van der Waals surface area contributed by atoms with Crippen molar-refractivity contribution in [1.29, 1.82) is 0 Å². The largest absolute Gasteiger partial charge is 0.449 e. The van der Waals surface area contributed by atoms with Gasteiger partial charge in [-0.2, -0.15) is 13.2 Å². The first-order valence-electron chi connectivity index (χ1n) is 8.29. The molecule has 0 radical (unpaired) electrons. The van der Waals surface area contributed by atoms with E-state index in [0.29, 0.717) is 25.1 Å². The minimum atomic E-state index is -4.65. The first-order valence-corrected chi connectivity index (χ1v) is 8.29. The first-order chi connectivity index (χ1) is 12.3. The fourth-order valence-electron chi connectivity index (χ4n) is 3.41. The van der Waals surface area contributed by atoms with Gasteiger partial charge in [-0.25, -0.2) is 4.98 Å². The van der Waals surface area contributed by atoms with E-state index in [1.807, 2.05) is 30.2 Å². The smallest absolute Gasteiger partial charge is 0.361 e. The molecule has 3 aromatic rings. The first kappa shape index (κ1) is 16.8. The molecule has 0 saturated heterocycles. The number of halogens is 3. The number of rotatable bonds is 2. The Kier molecular flexibility index (Phi) is 3.87. The monoisotopic (exact) mass is 362 g/mol. The van der Waals surface area contributed by atoms with Crippen LogP contribution in [0.4, 0.5) is 13.2 Å². The molecular weight excluding hydrogens is 345 g/mol. The molecule has 2 N–H and O–H groups in total. The van der Waals surface area contributed by atoms with Crippen molar-refractivity contribution in [2.24, 2.45) is 0 Å². The lowest BCUT2D eigenvalue weighted by molar-refractivity contribution is -0.145. The van der Waals surface area contributed by atoms with Crippen molar-refractivity contribution < 1.29 is 13.2 Å². The highest BCUT2D eigenvalue weighted by atomic mass is 19.4. The van der Waals surface area contributed by atoms with Gasteiger partial charge in [0.1, 0.15) is 0 Å². The number of aromatic nitrogens is 3. The molecule has 26 heavy (non-hydrogen) atoms. The number of aromatic amines is 2. The van der Waals surface area contributed by atoms with Crippen LogP contribution in [0.2, 0.25) is 0 Å². The molecule has 0 unspecified atom stereocenters. The molecular formula is C18H17F3N4O. The van der Waals surface area contributed by atoms with Gasteiger partial charge in [-0.3, -0.25) is 9.69 Å². The van der Waals surface area contributed by atoms with Gasteiger partial charge in [0, 0.05) is 43.2 Å². The van der Waals surface area contributed by atoms with Gasteiger partial charge < -0.3 is 9.97 Å². The topological polar surface area (TPSA) is 64.8 Å². The van der Waals surface area contributed by atoms with Crippen LogP contribution in [0, 0.1) is 6.92 Å². The zero-order valence-corrected chi connectivity index (χ0v) is 14.1. The van der Waals surface area contributed by atoms with E-state index in [9.17, 15) is 18.0 Å². The van der Waals surface area contributed by atoms with Crippen LogP contribution in [-0.4, -0.2) is 26.4 Å². The van der Waals surface area contributed by atoms with Crippen molar-refractivity contribution in [3.8, 4) is 0 Å². The zero-order valence-electron chi connectivity index (χ0n) is 14.1. The standard InChI is InChI=1S/C18H17F3N4O/c1-10-2-3-14-12(6-10)11(7-22-14)8-25-5-4-15-13(9-25)16(26)24-17(23-15)18(19,20)21/h2-3,6-7,22H,4-5,8-9H2,1H3,(H,23,24,26). The molecule has 8 heteroatoms. The lowest BCUT2D eigenvalue weighted by atomic mass is 10.1. The summed E-state index contributed by atoms with van der Waals surface area (Å²) in [5.41, 5.74) is 3.15. The number of hydrogen-bond donors (Lipinski definition) is 2. The van der Waals surface area contributed by atoms with E-state index in [0.717, 1.165) is 22.0 Å². The minimum Gasteiger partial charge on any atom is -0.361 e. The van der Waals surface area contributed by atoms with E-state index in [-0.39, 0.29) is 12.2 Å². The van der Waals surface area contributed by atoms with Crippen molar-refractivity contribution in [2.45, 2.75) is 32.6 Å². The van der Waals surface area contributed by atoms with Crippen molar-refractivity contribution in [3.63, 3.8) is 0 Å². The van der Waals surface area contributed by atoms with Crippen molar-refractivity contribution in [3.05, 3.63) is 63.0 Å². The van der Waals surface area contributed by atoms with Crippen LogP contribution in [0.5, 0.6) is 0 Å². The third-order valence-corrected chi connectivity index (χ3v) is 4.73. The van der Waals surface area contributed by atoms with E-state index in [1.165, 1.54) is 0 Å². The Morgan fingerprint density at radius 3 is 2.88 bits per heavy atom. The van der Waals surface area contributed by atoms with Gasteiger partial charge in [-0.15, -0.1) is 0 Å². The van der Waals surface area contributed by atoms with E-state index in [2.05, 4.69) is 20.9 Å². The number of hydrogen-bond acceptors (Lipinski definition) is 3. The van der Waals surface area contributed by atoms with Crippen LogP contribution in [0.25, 0.3) is 10.9 Å². The Balaban J connectivity index is 1.61. The second kappa shape index (κ2) is 5.98. The summed E-state index contributed by atoms with van der Waals surface area (Å²) >= 11 is 0. The molecule has 0 saturated carbocycles. The fraction of sp³-hybridized carbons (Fsp3) is 0.333. The van der Waals surface area contributed by atoms with E-state index >= 15 is 0 Å². The molecule has 4 rings (SSSR count). The summed E-state index contributed by atoms with van der Waals surface area (Å²) in [4.78, 5) is 22.9. The van der Waals surface area contributed by atoms with Gasteiger partial charge >= 0.3 is 6.18 Å². The lowest BCUT2D eigenvalue weighted by Gasteiger charge is -2.27. The molecule has 136 valence electrons. The number of alkyl halides is 3. The molecule has 0 bridgehead atoms. The van der Waals surface area contributed by atoms with Crippen LogP contribution in [0.3, 0.4) is 0 Å². The summed E-state index contributed by atoms with van der Waals surface area (Å²) < 4.78 is 38.4. The maximum Gasteiger partial charge on any atom is 0.449 e. The molecule has 0 atom stereocenters. The highest BCUT2D eigenvalue weighted by molar-refractivity contribution is 5.83. The predicted octanol–water partition coefficient (Wildman–Crippen LogP) is 3.14. The Morgan fingerprint density at radius 1 is 1.31 bits per heavy atom. The SMILES string of the molecule is Cc1ccc2[nH]cc(CN3CCc4nc(C(F)(F)F)[nH]c(=O)c4C3)c2c1. The van der Waals surface area contributed by atoms with Crippen molar-refractivity contribution in [2.75, 3.05) is 6.54 Å². The van der Waals surface area contributed by atoms with Crippen molar-refractivity contribution in [1.82, 2.24) is 19.9 Å². The summed E-state index contributed by atoms with van der Waals surface area (Å²) in [6.45, 7) is 3.48. The maximum atomic E-state index is 12.8. The van der Waals surface area contributed by atoms with Crippen molar-refractivity contribution >= 4 is 10.9 Å². The summed E-state index contributed by atoms with van der Waals surface area (Å²) in [6.07, 6.45) is -2.38. The van der Waals surface area contributed by atoms with Crippen LogP contribution in [0.1, 0.15) is 28.2 Å². The molecule has 0 spiro atoms. The average molecular weight is 362 g/mol. The third-order valence-electron chi connectivity index (χ3n) is 4.73. The summed E-state index contributed by atoms with van der Waals surface area (Å²) in [6, 6.07) is 6.15. The normalized spacial score (nSPS) is 15.4. The zero-order chi connectivity index (χ0) is 18.5. The lowest BCUT2D eigenvalue weighted by Crippen LogP contribution is -2.36. The quantitative estimate of drug-likeness (QED) is 0.736. The Hall–Kier alpha value is -2.61. The van der Waals surface area contributed by atoms with Gasteiger partial charge in [-0.05, 0) is 24.6 Å². The van der Waals surface area contributed by atoms with Gasteiger partial charge in [0.2, 0.25) is 5.82 Å². The number of nitrogens with zero attached hydrogens (tertiary/aromatic N) is 2. The molecule has 1 aliphatic heterocycles.